The number of benzene rings is 2. The van der Waals surface area contributed by atoms with Crippen LogP contribution in [0.2, 0.25) is 0 Å². The van der Waals surface area contributed by atoms with E-state index in [4.69, 9.17) is 16.3 Å². The van der Waals surface area contributed by atoms with Gasteiger partial charge < -0.3 is 4.52 Å². The highest BCUT2D eigenvalue weighted by Crippen LogP contribution is 2.47. The van der Waals surface area contributed by atoms with Gasteiger partial charge in [-0.2, -0.15) is 0 Å². The zero-order chi connectivity index (χ0) is 12.6. The second kappa shape index (κ2) is 4.23. The first-order valence-corrected chi connectivity index (χ1v) is 8.18. The summed E-state index contributed by atoms with van der Waals surface area (Å²) in [4.78, 5) is 12.0. The molecule has 0 fully saturated rings. The van der Waals surface area contributed by atoms with E-state index in [1.54, 1.807) is 18.2 Å². The molecule has 0 bridgehead atoms. The molecule has 3 nitrogen and oxygen atoms in total. The molecular weight excluding hydrogens is 265 g/mol. The first kappa shape index (κ1) is 11.5. The van der Waals surface area contributed by atoms with E-state index in [0.717, 1.165) is 5.30 Å². The Labute approximate surface area is 110 Å². The van der Waals surface area contributed by atoms with Crippen LogP contribution in [-0.2, 0) is 11.8 Å². The van der Waals surface area contributed by atoms with Gasteiger partial charge in [0.1, 0.15) is 5.75 Å². The molecule has 1 aliphatic rings. The van der Waals surface area contributed by atoms with Gasteiger partial charge in [0, 0.05) is 5.30 Å². The van der Waals surface area contributed by atoms with Crippen LogP contribution in [0.25, 0.3) is 0 Å². The molecule has 5 heteroatoms. The second-order valence-corrected chi connectivity index (χ2v) is 7.48. The highest BCUT2D eigenvalue weighted by Gasteiger charge is 2.32. The third-order valence-corrected chi connectivity index (χ3v) is 5.76. The van der Waals surface area contributed by atoms with E-state index < -0.39 is 6.42 Å². The van der Waals surface area contributed by atoms with Crippen molar-refractivity contribution < 1.29 is 9.32 Å². The summed E-state index contributed by atoms with van der Waals surface area (Å²) in [5.41, 5.74) is 0.536. The zero-order valence-corrected chi connectivity index (χ0v) is 11.1. The normalized spacial score (nSPS) is 21.7. The number of amides is 1. The van der Waals surface area contributed by atoms with Crippen LogP contribution >= 0.6 is 6.42 Å². The number of hydrogen-bond acceptors (Lipinski definition) is 3. The van der Waals surface area contributed by atoms with Crippen molar-refractivity contribution in [1.82, 2.24) is 5.09 Å². The SMILES string of the molecule is O=C1NP(=S)(c2ccccc2)Oc2ccccc21. The molecular formula is C13H10NO2PS. The van der Waals surface area contributed by atoms with Crippen molar-refractivity contribution in [2.45, 2.75) is 0 Å². The van der Waals surface area contributed by atoms with Gasteiger partial charge in [-0.25, -0.2) is 0 Å². The third-order valence-electron chi connectivity index (χ3n) is 2.70. The lowest BCUT2D eigenvalue weighted by Crippen LogP contribution is -2.32. The minimum absolute atomic E-state index is 0.163. The Bertz CT molecular complexity index is 657. The predicted molar refractivity (Wildman–Crippen MR) is 74.9 cm³/mol. The first-order chi connectivity index (χ1) is 8.69. The van der Waals surface area contributed by atoms with Crippen LogP contribution in [0.15, 0.2) is 54.6 Å². The molecule has 1 amide bonds. The van der Waals surface area contributed by atoms with E-state index in [1.165, 1.54) is 0 Å². The molecule has 1 atom stereocenters. The van der Waals surface area contributed by atoms with Crippen LogP contribution in [0, 0.1) is 0 Å². The summed E-state index contributed by atoms with van der Waals surface area (Å²) >= 11 is 5.53. The molecule has 0 radical (unpaired) electrons. The Balaban J connectivity index is 2.09. The van der Waals surface area contributed by atoms with E-state index in [9.17, 15) is 4.79 Å². The van der Waals surface area contributed by atoms with Crippen molar-refractivity contribution in [3.8, 4) is 5.75 Å². The quantitative estimate of drug-likeness (QED) is 0.812. The number of carbonyl (C=O) groups excluding carboxylic acids is 1. The fraction of sp³-hybridized carbons (Fsp3) is 0. The van der Waals surface area contributed by atoms with Gasteiger partial charge in [-0.05, 0) is 36.1 Å². The lowest BCUT2D eigenvalue weighted by Gasteiger charge is -2.29. The number of carbonyl (C=O) groups is 1. The van der Waals surface area contributed by atoms with Gasteiger partial charge in [0.05, 0.1) is 5.56 Å². The number of hydrogen-bond donors (Lipinski definition) is 1. The molecule has 1 unspecified atom stereocenters. The van der Waals surface area contributed by atoms with Gasteiger partial charge in [0.25, 0.3) is 5.91 Å². The van der Waals surface area contributed by atoms with Gasteiger partial charge in [0.15, 0.2) is 0 Å². The van der Waals surface area contributed by atoms with E-state index >= 15 is 0 Å². The van der Waals surface area contributed by atoms with Crippen molar-refractivity contribution in [1.29, 1.82) is 0 Å². The Hall–Kier alpha value is -1.64. The fourth-order valence-electron chi connectivity index (χ4n) is 1.83. The minimum atomic E-state index is -2.52. The van der Waals surface area contributed by atoms with Crippen LogP contribution in [0.5, 0.6) is 5.75 Å². The van der Waals surface area contributed by atoms with Gasteiger partial charge in [-0.15, -0.1) is 0 Å². The number of fused-ring (bicyclic) bond motifs is 1. The maximum absolute atomic E-state index is 12.0. The molecule has 1 heterocycles. The summed E-state index contributed by atoms with van der Waals surface area (Å²) in [7, 11) is 0. The predicted octanol–water partition coefficient (Wildman–Crippen LogP) is 2.44. The summed E-state index contributed by atoms with van der Waals surface area (Å²) in [6, 6.07) is 16.6. The lowest BCUT2D eigenvalue weighted by atomic mass is 10.2. The largest absolute Gasteiger partial charge is 0.444 e. The van der Waals surface area contributed by atoms with Crippen molar-refractivity contribution in [3.63, 3.8) is 0 Å². The summed E-state index contributed by atoms with van der Waals surface area (Å²) in [6.07, 6.45) is -2.52. The Morgan fingerprint density at radius 3 is 2.44 bits per heavy atom. The van der Waals surface area contributed by atoms with E-state index in [-0.39, 0.29) is 5.91 Å². The lowest BCUT2D eigenvalue weighted by molar-refractivity contribution is 0.0973. The topological polar surface area (TPSA) is 38.3 Å². The maximum atomic E-state index is 12.0. The smallest absolute Gasteiger partial charge is 0.261 e. The summed E-state index contributed by atoms with van der Waals surface area (Å²) in [5, 5.41) is 3.68. The van der Waals surface area contributed by atoms with Crippen LogP contribution < -0.4 is 14.9 Å². The second-order valence-electron chi connectivity index (χ2n) is 3.92. The standard InChI is InChI=1S/C13H10NO2PS/c15-13-11-8-4-5-9-12(11)16-17(18,14-13)10-6-2-1-3-7-10/h1-9H,(H,14,15,18). The third kappa shape index (κ3) is 1.84. The van der Waals surface area contributed by atoms with Gasteiger partial charge in [-0.3, -0.25) is 9.88 Å². The van der Waals surface area contributed by atoms with E-state index in [2.05, 4.69) is 5.09 Å². The Kier molecular flexibility index (Phi) is 2.69. The monoisotopic (exact) mass is 275 g/mol. The minimum Gasteiger partial charge on any atom is -0.444 e. The fourth-order valence-corrected chi connectivity index (χ4v) is 4.35. The molecule has 1 N–H and O–H groups in total. The van der Waals surface area contributed by atoms with Gasteiger partial charge in [0.2, 0.25) is 6.42 Å². The van der Waals surface area contributed by atoms with E-state index in [0.29, 0.717) is 11.3 Å². The average Bonchev–Trinajstić information content (AvgIpc) is 2.40. The molecule has 0 saturated heterocycles. The Morgan fingerprint density at radius 1 is 1.00 bits per heavy atom. The van der Waals surface area contributed by atoms with Crippen molar-refractivity contribution >= 4 is 29.4 Å². The molecule has 18 heavy (non-hydrogen) atoms. The van der Waals surface area contributed by atoms with Gasteiger partial charge in [-0.1, -0.05) is 30.3 Å². The highest BCUT2D eigenvalue weighted by molar-refractivity contribution is 8.15. The van der Waals surface area contributed by atoms with Crippen molar-refractivity contribution in [2.24, 2.45) is 0 Å². The van der Waals surface area contributed by atoms with E-state index in [1.807, 2.05) is 36.4 Å². The molecule has 0 aromatic heterocycles. The molecule has 2 aromatic carbocycles. The van der Waals surface area contributed by atoms with Crippen molar-refractivity contribution in [2.75, 3.05) is 0 Å². The average molecular weight is 275 g/mol. The zero-order valence-electron chi connectivity index (χ0n) is 9.37. The van der Waals surface area contributed by atoms with Gasteiger partial charge >= 0.3 is 0 Å². The molecule has 1 aliphatic heterocycles. The summed E-state index contributed by atoms with van der Waals surface area (Å²) < 4.78 is 5.87. The highest BCUT2D eigenvalue weighted by atomic mass is 32.4. The Morgan fingerprint density at radius 2 is 1.67 bits per heavy atom. The summed E-state index contributed by atoms with van der Waals surface area (Å²) in [5.74, 6) is 0.400. The number of rotatable bonds is 1. The van der Waals surface area contributed by atoms with Crippen molar-refractivity contribution in [3.05, 3.63) is 60.2 Å². The molecule has 2 aromatic rings. The molecule has 90 valence electrons. The summed E-state index contributed by atoms with van der Waals surface area (Å²) in [6.45, 7) is 0. The molecule has 0 aliphatic carbocycles. The first-order valence-electron chi connectivity index (χ1n) is 5.46. The molecule has 0 spiro atoms. The van der Waals surface area contributed by atoms with Crippen LogP contribution in [-0.4, -0.2) is 5.91 Å². The molecule has 3 rings (SSSR count). The number of nitrogens with one attached hydrogen (secondary N) is 1. The molecule has 0 saturated carbocycles. The number of para-hydroxylation sites is 1. The maximum Gasteiger partial charge on any atom is 0.261 e. The van der Waals surface area contributed by atoms with Crippen LogP contribution in [0.3, 0.4) is 0 Å². The van der Waals surface area contributed by atoms with Crippen LogP contribution in [0.4, 0.5) is 0 Å². The van der Waals surface area contributed by atoms with Crippen LogP contribution in [0.1, 0.15) is 10.4 Å².